The van der Waals surface area contributed by atoms with Crippen molar-refractivity contribution in [1.29, 1.82) is 0 Å². The minimum atomic E-state index is -4.22. The van der Waals surface area contributed by atoms with E-state index >= 15 is 0 Å². The molecule has 0 saturated heterocycles. The van der Waals surface area contributed by atoms with E-state index in [1.54, 1.807) is 0 Å². The van der Waals surface area contributed by atoms with E-state index in [1.165, 1.54) is 48.5 Å². The number of hydrogen-bond acceptors (Lipinski definition) is 6. The first-order valence-corrected chi connectivity index (χ1v) is 10.8. The molecule has 1 aliphatic rings. The van der Waals surface area contributed by atoms with Gasteiger partial charge in [-0.05, 0) is 55.0 Å². The van der Waals surface area contributed by atoms with Crippen LogP contribution in [0.15, 0.2) is 53.4 Å². The quantitative estimate of drug-likeness (QED) is 0.558. The molecular formula is C20H21FN2O7S. The normalized spacial score (nSPS) is 15.2. The molecule has 1 amide bonds. The lowest BCUT2D eigenvalue weighted by molar-refractivity contribution is -0.141. The highest BCUT2D eigenvalue weighted by Gasteiger charge is 2.51. The molecule has 1 fully saturated rings. The fourth-order valence-corrected chi connectivity index (χ4v) is 4.98. The average Bonchev–Trinajstić information content (AvgIpc) is 2.67. The Morgan fingerprint density at radius 1 is 1.06 bits per heavy atom. The fraction of sp³-hybridized carbons (Fsp3) is 0.300. The highest BCUT2D eigenvalue weighted by Crippen LogP contribution is 2.42. The van der Waals surface area contributed by atoms with Crippen LogP contribution in [0.25, 0.3) is 0 Å². The molecule has 0 spiro atoms. The van der Waals surface area contributed by atoms with Crippen LogP contribution in [-0.4, -0.2) is 42.2 Å². The van der Waals surface area contributed by atoms with Crippen LogP contribution in [0.2, 0.25) is 0 Å². The molecule has 0 aromatic heterocycles. The molecule has 0 radical (unpaired) electrons. The van der Waals surface area contributed by atoms with Gasteiger partial charge in [0.2, 0.25) is 10.0 Å². The fourth-order valence-electron chi connectivity index (χ4n) is 3.25. The second kappa shape index (κ2) is 8.90. The molecule has 2 aromatic carbocycles. The zero-order chi connectivity index (χ0) is 22.6. The van der Waals surface area contributed by atoms with Crippen molar-refractivity contribution in [2.75, 3.05) is 6.54 Å². The number of nitrogens with zero attached hydrogens (tertiary/aromatic N) is 1. The van der Waals surface area contributed by atoms with Crippen molar-refractivity contribution in [2.24, 2.45) is 5.73 Å². The lowest BCUT2D eigenvalue weighted by Gasteiger charge is -2.47. The summed E-state index contributed by atoms with van der Waals surface area (Å²) >= 11 is 0. The highest BCUT2D eigenvalue weighted by molar-refractivity contribution is 7.89. The number of benzene rings is 2. The van der Waals surface area contributed by atoms with Gasteiger partial charge in [-0.1, -0.05) is 0 Å². The predicted octanol–water partition coefficient (Wildman–Crippen LogP) is 3.06. The molecule has 0 aliphatic heterocycles. The van der Waals surface area contributed by atoms with Crippen molar-refractivity contribution < 1.29 is 37.0 Å². The number of carbonyl (C=O) groups is 2. The zero-order valence-corrected chi connectivity index (χ0v) is 17.2. The summed E-state index contributed by atoms with van der Waals surface area (Å²) in [5.74, 6) is -0.937. The van der Waals surface area contributed by atoms with Crippen LogP contribution in [0.5, 0.6) is 11.5 Å². The number of carboxylic acids is 1. The second-order valence-electron chi connectivity index (χ2n) is 6.97. The van der Waals surface area contributed by atoms with Crippen molar-refractivity contribution in [3.05, 3.63) is 54.3 Å². The van der Waals surface area contributed by atoms with E-state index in [1.807, 2.05) is 0 Å². The summed E-state index contributed by atoms with van der Waals surface area (Å²) in [5, 5.41) is 9.04. The van der Waals surface area contributed by atoms with E-state index in [9.17, 15) is 22.4 Å². The number of sulfonamides is 1. The van der Waals surface area contributed by atoms with Gasteiger partial charge in [-0.3, -0.25) is 4.79 Å². The Labute approximate surface area is 178 Å². The Bertz CT molecular complexity index is 1050. The number of aliphatic carboxylic acids is 1. The molecule has 0 atom stereocenters. The van der Waals surface area contributed by atoms with Gasteiger partial charge in [0, 0.05) is 19.4 Å². The molecule has 2 aromatic rings. The first-order valence-electron chi connectivity index (χ1n) is 9.39. The molecule has 9 nitrogen and oxygen atoms in total. The molecular weight excluding hydrogens is 431 g/mol. The Hall–Kier alpha value is -3.18. The predicted molar refractivity (Wildman–Crippen MR) is 106 cm³/mol. The smallest absolute Gasteiger partial charge is 0.406 e. The molecule has 31 heavy (non-hydrogen) atoms. The summed E-state index contributed by atoms with van der Waals surface area (Å²) < 4.78 is 51.2. The topological polar surface area (TPSA) is 136 Å². The average molecular weight is 452 g/mol. The first kappa shape index (κ1) is 22.5. The SMILES string of the molecule is NC(=O)OC1(N(CCC(=O)O)S(=O)(=O)c2ccc(Oc3ccc(F)cc3)cc2)CCC1. The number of halogens is 1. The van der Waals surface area contributed by atoms with Crippen LogP contribution >= 0.6 is 0 Å². The second-order valence-corrected chi connectivity index (χ2v) is 8.83. The third-order valence-electron chi connectivity index (χ3n) is 4.87. The van der Waals surface area contributed by atoms with Crippen LogP contribution in [0.3, 0.4) is 0 Å². The van der Waals surface area contributed by atoms with Gasteiger partial charge >= 0.3 is 12.1 Å². The number of primary amides is 1. The largest absolute Gasteiger partial charge is 0.481 e. The maximum atomic E-state index is 13.3. The lowest BCUT2D eigenvalue weighted by atomic mass is 9.88. The summed E-state index contributed by atoms with van der Waals surface area (Å²) in [6.07, 6.45) is -0.606. The van der Waals surface area contributed by atoms with E-state index in [2.05, 4.69) is 0 Å². The highest BCUT2D eigenvalue weighted by atomic mass is 32.2. The molecule has 1 saturated carbocycles. The zero-order valence-electron chi connectivity index (χ0n) is 16.4. The molecule has 11 heteroatoms. The standard InChI is InChI=1S/C20H21FN2O7S/c21-14-2-4-15(5-3-14)29-16-6-8-17(9-7-16)31(27,28)23(13-10-18(24)25)20(11-1-12-20)30-19(22)26/h2-9H,1,10-13H2,(H2,22,26)(H,24,25). The molecule has 3 N–H and O–H groups in total. The van der Waals surface area contributed by atoms with Gasteiger partial charge in [0.25, 0.3) is 0 Å². The van der Waals surface area contributed by atoms with E-state index in [4.69, 9.17) is 20.3 Å². The summed E-state index contributed by atoms with van der Waals surface area (Å²) in [4.78, 5) is 22.3. The number of amides is 1. The number of hydrogen-bond donors (Lipinski definition) is 2. The maximum Gasteiger partial charge on any atom is 0.406 e. The van der Waals surface area contributed by atoms with Crippen molar-refractivity contribution in [3.8, 4) is 11.5 Å². The van der Waals surface area contributed by atoms with Crippen molar-refractivity contribution >= 4 is 22.1 Å². The van der Waals surface area contributed by atoms with Crippen LogP contribution in [-0.2, 0) is 19.6 Å². The van der Waals surface area contributed by atoms with Crippen molar-refractivity contribution in [1.82, 2.24) is 4.31 Å². The van der Waals surface area contributed by atoms with Crippen molar-refractivity contribution in [3.63, 3.8) is 0 Å². The number of nitrogens with two attached hydrogens (primary N) is 1. The van der Waals surface area contributed by atoms with Gasteiger partial charge in [0.15, 0.2) is 5.72 Å². The first-order chi connectivity index (χ1) is 14.6. The minimum Gasteiger partial charge on any atom is -0.481 e. The van der Waals surface area contributed by atoms with Crippen molar-refractivity contribution in [2.45, 2.75) is 36.3 Å². The van der Waals surface area contributed by atoms with Gasteiger partial charge in [0.05, 0.1) is 11.3 Å². The summed E-state index contributed by atoms with van der Waals surface area (Å²) in [7, 11) is -4.22. The van der Waals surface area contributed by atoms with E-state index < -0.39 is 46.6 Å². The molecule has 1 aliphatic carbocycles. The molecule has 3 rings (SSSR count). The Kier molecular flexibility index (Phi) is 6.46. The third-order valence-corrected chi connectivity index (χ3v) is 6.83. The Morgan fingerprint density at radius 2 is 1.61 bits per heavy atom. The van der Waals surface area contributed by atoms with Gasteiger partial charge in [-0.15, -0.1) is 0 Å². The third kappa shape index (κ3) is 5.12. The van der Waals surface area contributed by atoms with Gasteiger partial charge in [0.1, 0.15) is 17.3 Å². The van der Waals surface area contributed by atoms with Gasteiger partial charge in [-0.25, -0.2) is 17.6 Å². The Morgan fingerprint density at radius 3 is 2.06 bits per heavy atom. The molecule has 0 unspecified atom stereocenters. The number of carbonyl (C=O) groups excluding carboxylic acids is 1. The molecule has 166 valence electrons. The van der Waals surface area contributed by atoms with Crippen LogP contribution in [0, 0.1) is 5.82 Å². The molecule has 0 heterocycles. The minimum absolute atomic E-state index is 0.135. The van der Waals surface area contributed by atoms with Gasteiger partial charge in [-0.2, -0.15) is 4.31 Å². The van der Waals surface area contributed by atoms with Crippen LogP contribution < -0.4 is 10.5 Å². The van der Waals surface area contributed by atoms with E-state index in [0.29, 0.717) is 17.9 Å². The van der Waals surface area contributed by atoms with E-state index in [0.717, 1.165) is 4.31 Å². The lowest BCUT2D eigenvalue weighted by Crippen LogP contribution is -2.59. The number of carboxylic acid groups (broad SMARTS) is 1. The monoisotopic (exact) mass is 452 g/mol. The number of ether oxygens (including phenoxy) is 2. The summed E-state index contributed by atoms with van der Waals surface area (Å²) in [5.41, 5.74) is 3.62. The molecule has 0 bridgehead atoms. The summed E-state index contributed by atoms with van der Waals surface area (Å²) in [6, 6.07) is 10.7. The van der Waals surface area contributed by atoms with Gasteiger partial charge < -0.3 is 20.3 Å². The maximum absolute atomic E-state index is 13.3. The van der Waals surface area contributed by atoms with Crippen LogP contribution in [0.4, 0.5) is 9.18 Å². The van der Waals surface area contributed by atoms with Crippen LogP contribution in [0.1, 0.15) is 25.7 Å². The Balaban J connectivity index is 1.87. The van der Waals surface area contributed by atoms with E-state index in [-0.39, 0.29) is 17.7 Å². The number of rotatable bonds is 9. The summed E-state index contributed by atoms with van der Waals surface area (Å²) in [6.45, 7) is -0.390.